The number of carbonyl (C=O) groups is 1. The van der Waals surface area contributed by atoms with Crippen molar-refractivity contribution in [1.29, 1.82) is 0 Å². The molecule has 0 radical (unpaired) electrons. The van der Waals surface area contributed by atoms with Gasteiger partial charge < -0.3 is 24.4 Å². The van der Waals surface area contributed by atoms with Crippen LogP contribution < -0.4 is 14.2 Å². The van der Waals surface area contributed by atoms with E-state index in [9.17, 15) is 9.90 Å². The van der Waals surface area contributed by atoms with Crippen molar-refractivity contribution in [3.05, 3.63) is 29.7 Å². The fraction of sp³-hybridized carbons (Fsp3) is 0.250. The summed E-state index contributed by atoms with van der Waals surface area (Å²) in [6, 6.07) is 4.71. The van der Waals surface area contributed by atoms with Crippen LogP contribution in [0, 0.1) is 0 Å². The number of ether oxygens (including phenoxy) is 3. The number of hydrogen-bond donors (Lipinski definition) is 2. The number of aliphatic hydroxyl groups excluding tert-OH is 1. The molecule has 1 aromatic carbocycles. The maximum atomic E-state index is 11.0. The monoisotopic (exact) mass is 252 g/mol. The summed E-state index contributed by atoms with van der Waals surface area (Å²) in [7, 11) is 1.50. The van der Waals surface area contributed by atoms with Gasteiger partial charge in [-0.1, -0.05) is 0 Å². The second-order valence-electron chi connectivity index (χ2n) is 3.69. The molecule has 1 aliphatic heterocycles. The molecule has 6 heteroatoms. The van der Waals surface area contributed by atoms with Crippen molar-refractivity contribution in [1.82, 2.24) is 0 Å². The Kier molecular flexibility index (Phi) is 3.12. The number of aliphatic carboxylic acids is 1. The van der Waals surface area contributed by atoms with Gasteiger partial charge in [0.15, 0.2) is 17.3 Å². The number of benzene rings is 1. The molecule has 0 saturated carbocycles. The maximum absolute atomic E-state index is 11.0. The second kappa shape index (κ2) is 4.58. The molecular weight excluding hydrogens is 240 g/mol. The van der Waals surface area contributed by atoms with Crippen LogP contribution in [0.3, 0.4) is 0 Å². The van der Waals surface area contributed by atoms with Crippen molar-refractivity contribution < 1.29 is 29.2 Å². The Morgan fingerprint density at radius 3 is 2.61 bits per heavy atom. The smallest absolute Gasteiger partial charge is 0.375 e. The third-order valence-electron chi connectivity index (χ3n) is 2.38. The summed E-state index contributed by atoms with van der Waals surface area (Å²) >= 11 is 0. The Bertz CT molecular complexity index is 517. The summed E-state index contributed by atoms with van der Waals surface area (Å²) in [6.07, 6.45) is -1.09. The lowest BCUT2D eigenvalue weighted by Gasteiger charge is -2.23. The van der Waals surface area contributed by atoms with E-state index in [0.717, 1.165) is 0 Å². The number of carboxylic acid groups (broad SMARTS) is 1. The van der Waals surface area contributed by atoms with Crippen LogP contribution in [0.1, 0.15) is 6.92 Å². The lowest BCUT2D eigenvalue weighted by molar-refractivity contribution is -0.135. The molecule has 1 unspecified atom stereocenters. The molecule has 96 valence electrons. The number of rotatable bonds is 3. The molecule has 6 nitrogen and oxygen atoms in total. The van der Waals surface area contributed by atoms with E-state index in [4.69, 9.17) is 19.3 Å². The minimum absolute atomic E-state index is 0.136. The summed E-state index contributed by atoms with van der Waals surface area (Å²) in [6.45, 7) is 1.40. The van der Waals surface area contributed by atoms with E-state index in [2.05, 4.69) is 0 Å². The average Bonchev–Trinajstić information content (AvgIpc) is 2.36. The van der Waals surface area contributed by atoms with Crippen LogP contribution in [-0.2, 0) is 4.79 Å². The van der Waals surface area contributed by atoms with Crippen LogP contribution in [0.5, 0.6) is 17.2 Å². The standard InChI is InChI=1S/C12H12O6/c1-6(13)10-11(12(14)15)17-8-4-3-7(16-2)5-9(8)18-10/h3-6,13H,1-2H3,(H,14,15). The Morgan fingerprint density at radius 1 is 1.33 bits per heavy atom. The van der Waals surface area contributed by atoms with Gasteiger partial charge in [0.05, 0.1) is 7.11 Å². The molecule has 18 heavy (non-hydrogen) atoms. The van der Waals surface area contributed by atoms with Crippen LogP contribution in [0.2, 0.25) is 0 Å². The first-order valence-electron chi connectivity index (χ1n) is 5.22. The molecule has 0 fully saturated rings. The molecule has 0 aliphatic carbocycles. The first-order valence-corrected chi connectivity index (χ1v) is 5.22. The molecule has 0 spiro atoms. The molecule has 0 saturated heterocycles. The van der Waals surface area contributed by atoms with E-state index in [-0.39, 0.29) is 11.5 Å². The van der Waals surface area contributed by atoms with Crippen molar-refractivity contribution in [3.8, 4) is 17.2 Å². The summed E-state index contributed by atoms with van der Waals surface area (Å²) in [5, 5.41) is 18.5. The molecule has 1 heterocycles. The first kappa shape index (κ1) is 12.3. The molecule has 0 aromatic heterocycles. The normalized spacial score (nSPS) is 15.3. The fourth-order valence-electron chi connectivity index (χ4n) is 1.53. The Balaban J connectivity index is 2.43. The van der Waals surface area contributed by atoms with Crippen LogP contribution in [0.25, 0.3) is 0 Å². The summed E-state index contributed by atoms with van der Waals surface area (Å²) in [4.78, 5) is 11.0. The molecule has 0 amide bonds. The van der Waals surface area contributed by atoms with Gasteiger partial charge in [0, 0.05) is 6.07 Å². The average molecular weight is 252 g/mol. The largest absolute Gasteiger partial charge is 0.497 e. The van der Waals surface area contributed by atoms with E-state index in [1.165, 1.54) is 20.1 Å². The quantitative estimate of drug-likeness (QED) is 0.839. The van der Waals surface area contributed by atoms with Crippen molar-refractivity contribution in [3.63, 3.8) is 0 Å². The molecular formula is C12H12O6. The zero-order valence-corrected chi connectivity index (χ0v) is 9.84. The third kappa shape index (κ3) is 2.10. The molecule has 2 N–H and O–H groups in total. The van der Waals surface area contributed by atoms with Gasteiger partial charge in [-0.2, -0.15) is 0 Å². The SMILES string of the molecule is COc1ccc2c(c1)OC(C(C)O)=C(C(=O)O)O2. The van der Waals surface area contributed by atoms with Crippen molar-refractivity contribution >= 4 is 5.97 Å². The van der Waals surface area contributed by atoms with Crippen molar-refractivity contribution in [2.45, 2.75) is 13.0 Å². The summed E-state index contributed by atoms with van der Waals surface area (Å²) in [5.41, 5.74) is 0. The van der Waals surface area contributed by atoms with Gasteiger partial charge in [0.2, 0.25) is 0 Å². The fourth-order valence-corrected chi connectivity index (χ4v) is 1.53. The summed E-state index contributed by atoms with van der Waals surface area (Å²) < 4.78 is 15.6. The second-order valence-corrected chi connectivity index (χ2v) is 3.69. The van der Waals surface area contributed by atoms with E-state index in [1.807, 2.05) is 0 Å². The van der Waals surface area contributed by atoms with Gasteiger partial charge in [-0.05, 0) is 19.1 Å². The number of hydrogen-bond acceptors (Lipinski definition) is 5. The number of methoxy groups -OCH3 is 1. The number of fused-ring (bicyclic) bond motifs is 1. The van der Waals surface area contributed by atoms with Gasteiger partial charge in [-0.15, -0.1) is 0 Å². The Morgan fingerprint density at radius 2 is 2.06 bits per heavy atom. The highest BCUT2D eigenvalue weighted by atomic mass is 16.6. The first-order chi connectivity index (χ1) is 8.52. The highest BCUT2D eigenvalue weighted by Gasteiger charge is 2.29. The Labute approximate surface area is 103 Å². The van der Waals surface area contributed by atoms with Gasteiger partial charge in [-0.3, -0.25) is 0 Å². The minimum atomic E-state index is -1.30. The number of carboxylic acids is 1. The van der Waals surface area contributed by atoms with Crippen molar-refractivity contribution in [2.24, 2.45) is 0 Å². The van der Waals surface area contributed by atoms with Gasteiger partial charge in [-0.25, -0.2) is 4.79 Å². The zero-order valence-electron chi connectivity index (χ0n) is 9.84. The highest BCUT2D eigenvalue weighted by molar-refractivity contribution is 5.86. The molecule has 1 atom stereocenters. The van der Waals surface area contributed by atoms with E-state index in [1.54, 1.807) is 12.1 Å². The van der Waals surface area contributed by atoms with E-state index >= 15 is 0 Å². The van der Waals surface area contributed by atoms with Crippen molar-refractivity contribution in [2.75, 3.05) is 7.11 Å². The maximum Gasteiger partial charge on any atom is 0.375 e. The van der Waals surface area contributed by atoms with Crippen LogP contribution in [0.4, 0.5) is 0 Å². The molecule has 2 rings (SSSR count). The van der Waals surface area contributed by atoms with Crippen LogP contribution in [-0.4, -0.2) is 29.4 Å². The van der Waals surface area contributed by atoms with E-state index < -0.39 is 17.8 Å². The zero-order chi connectivity index (χ0) is 13.3. The molecule has 0 bridgehead atoms. The van der Waals surface area contributed by atoms with Crippen LogP contribution >= 0.6 is 0 Å². The lowest BCUT2D eigenvalue weighted by Crippen LogP contribution is -2.24. The predicted molar refractivity (Wildman–Crippen MR) is 60.6 cm³/mol. The van der Waals surface area contributed by atoms with Crippen LogP contribution in [0.15, 0.2) is 29.7 Å². The number of aliphatic hydroxyl groups is 1. The third-order valence-corrected chi connectivity index (χ3v) is 2.38. The predicted octanol–water partition coefficient (Wildman–Crippen LogP) is 1.14. The molecule has 1 aliphatic rings. The minimum Gasteiger partial charge on any atom is -0.497 e. The van der Waals surface area contributed by atoms with Gasteiger partial charge >= 0.3 is 5.97 Å². The summed E-state index contributed by atoms with van der Waals surface area (Å²) in [5.74, 6) is -0.743. The lowest BCUT2D eigenvalue weighted by atomic mass is 10.2. The Hall–Kier alpha value is -2.21. The van der Waals surface area contributed by atoms with E-state index in [0.29, 0.717) is 11.5 Å². The molecule has 1 aromatic rings. The van der Waals surface area contributed by atoms with Gasteiger partial charge in [0.25, 0.3) is 5.76 Å². The topological polar surface area (TPSA) is 85.2 Å². The highest BCUT2D eigenvalue weighted by Crippen LogP contribution is 2.38. The van der Waals surface area contributed by atoms with Gasteiger partial charge in [0.1, 0.15) is 11.9 Å².